The first-order chi connectivity index (χ1) is 15.3. The van der Waals surface area contributed by atoms with Crippen LogP contribution in [0.15, 0.2) is 42.5 Å². The second-order valence-corrected chi connectivity index (χ2v) is 8.52. The number of esters is 1. The first-order valence-electron chi connectivity index (χ1n) is 11.0. The Morgan fingerprint density at radius 1 is 1.25 bits per heavy atom. The van der Waals surface area contributed by atoms with E-state index in [0.29, 0.717) is 49.4 Å². The molecule has 5 nitrogen and oxygen atoms in total. The van der Waals surface area contributed by atoms with Crippen molar-refractivity contribution in [2.75, 3.05) is 26.3 Å². The molecule has 0 bridgehead atoms. The Morgan fingerprint density at radius 3 is 2.59 bits per heavy atom. The van der Waals surface area contributed by atoms with Crippen LogP contribution in [0, 0.1) is 17.7 Å². The number of nitrogens with one attached hydrogen (secondary N) is 1. The van der Waals surface area contributed by atoms with E-state index in [9.17, 15) is 14.2 Å². The van der Waals surface area contributed by atoms with E-state index in [1.807, 2.05) is 24.3 Å². The molecule has 0 heterocycles. The van der Waals surface area contributed by atoms with E-state index in [-0.39, 0.29) is 30.2 Å². The van der Waals surface area contributed by atoms with Crippen LogP contribution >= 0.6 is 11.6 Å². The Bertz CT molecular complexity index is 850. The van der Waals surface area contributed by atoms with Crippen LogP contribution in [0.2, 0.25) is 18.2 Å². The number of carbonyl (C=O) groups is 1. The molecular weight excluding hydrogens is 432 g/mol. The zero-order chi connectivity index (χ0) is 23.5. The Kier molecular flexibility index (Phi) is 11.2. The van der Waals surface area contributed by atoms with E-state index >= 15 is 0 Å². The average molecular weight is 464 g/mol. The van der Waals surface area contributed by atoms with Gasteiger partial charge in [-0.05, 0) is 61.3 Å². The van der Waals surface area contributed by atoms with Gasteiger partial charge in [0.05, 0.1) is 19.1 Å². The number of carbonyl (C=O) groups excluding carboxylic acids is 1. The van der Waals surface area contributed by atoms with Gasteiger partial charge in [0.2, 0.25) is 0 Å². The van der Waals surface area contributed by atoms with Crippen LogP contribution in [-0.2, 0) is 16.0 Å². The number of benzene rings is 2. The lowest BCUT2D eigenvalue weighted by Gasteiger charge is -2.23. The molecule has 0 aliphatic rings. The van der Waals surface area contributed by atoms with Crippen molar-refractivity contribution in [3.05, 3.63) is 58.9 Å². The van der Waals surface area contributed by atoms with E-state index in [1.54, 1.807) is 19.8 Å². The van der Waals surface area contributed by atoms with Crippen molar-refractivity contribution < 1.29 is 24.1 Å². The number of halogens is 2. The molecule has 0 amide bonds. The SMILES string of the molecule is CCOC(=O)[C@H](CNCCO)C[C@H](CB(C)O)Cc1ccc(-c2cc(Cl)ccc2F)cc1. The van der Waals surface area contributed by atoms with Gasteiger partial charge in [0, 0.05) is 23.7 Å². The zero-order valence-corrected chi connectivity index (χ0v) is 19.4. The minimum atomic E-state index is -0.506. The summed E-state index contributed by atoms with van der Waals surface area (Å²) in [6.45, 7) is 4.11. The summed E-state index contributed by atoms with van der Waals surface area (Å²) in [5.74, 6) is -0.929. The minimum Gasteiger partial charge on any atom is -0.466 e. The highest BCUT2D eigenvalue weighted by Gasteiger charge is 2.26. The number of rotatable bonds is 13. The number of hydrogen-bond acceptors (Lipinski definition) is 5. The first-order valence-corrected chi connectivity index (χ1v) is 11.4. The second kappa shape index (κ2) is 13.6. The van der Waals surface area contributed by atoms with Gasteiger partial charge in [-0.3, -0.25) is 4.79 Å². The topological polar surface area (TPSA) is 78.8 Å². The summed E-state index contributed by atoms with van der Waals surface area (Å²) in [6, 6.07) is 12.1. The molecule has 0 aliphatic carbocycles. The largest absolute Gasteiger partial charge is 0.466 e. The monoisotopic (exact) mass is 463 g/mol. The summed E-state index contributed by atoms with van der Waals surface area (Å²) < 4.78 is 19.4. The molecular formula is C24H32BClFNO4. The quantitative estimate of drug-likeness (QED) is 0.237. The fourth-order valence-corrected chi connectivity index (χ4v) is 4.07. The highest BCUT2D eigenvalue weighted by atomic mass is 35.5. The zero-order valence-electron chi connectivity index (χ0n) is 18.7. The molecule has 0 saturated heterocycles. The van der Waals surface area contributed by atoms with E-state index in [4.69, 9.17) is 21.4 Å². The van der Waals surface area contributed by atoms with Crippen LogP contribution in [-0.4, -0.2) is 49.3 Å². The van der Waals surface area contributed by atoms with Gasteiger partial charge in [-0.25, -0.2) is 4.39 Å². The van der Waals surface area contributed by atoms with Crippen molar-refractivity contribution in [2.24, 2.45) is 11.8 Å². The molecule has 0 aliphatic heterocycles. The molecule has 2 rings (SSSR count). The molecule has 0 fully saturated rings. The van der Waals surface area contributed by atoms with Gasteiger partial charge in [-0.1, -0.05) is 42.7 Å². The standard InChI is InChI=1S/C24H32BClFNO4/c1-3-32-24(30)20(16-28-10-11-29)13-18(15-25(2)31)12-17-4-6-19(7-5-17)22-14-21(26)8-9-23(22)27/h4-9,14,18,20,28-29,31H,3,10-13,15-16H2,1-2H3/t18-,20+/m1/s1. The van der Waals surface area contributed by atoms with Gasteiger partial charge in [0.15, 0.2) is 0 Å². The smallest absolute Gasteiger partial charge is 0.310 e. The summed E-state index contributed by atoms with van der Waals surface area (Å²) in [5.41, 5.74) is 2.22. The fourth-order valence-electron chi connectivity index (χ4n) is 3.90. The number of ether oxygens (including phenoxy) is 1. The molecule has 32 heavy (non-hydrogen) atoms. The molecule has 3 N–H and O–H groups in total. The van der Waals surface area contributed by atoms with Crippen LogP contribution in [0.25, 0.3) is 11.1 Å². The number of hydrogen-bond donors (Lipinski definition) is 3. The molecule has 174 valence electrons. The van der Waals surface area contributed by atoms with Crippen molar-refractivity contribution >= 4 is 24.5 Å². The Morgan fingerprint density at radius 2 is 1.97 bits per heavy atom. The van der Waals surface area contributed by atoms with Gasteiger partial charge in [0.1, 0.15) is 5.82 Å². The second-order valence-electron chi connectivity index (χ2n) is 8.09. The van der Waals surface area contributed by atoms with Gasteiger partial charge >= 0.3 is 5.97 Å². The van der Waals surface area contributed by atoms with Crippen LogP contribution in [0.3, 0.4) is 0 Å². The summed E-state index contributed by atoms with van der Waals surface area (Å²) >= 11 is 6.01. The van der Waals surface area contributed by atoms with E-state index in [0.717, 1.165) is 11.1 Å². The summed E-state index contributed by atoms with van der Waals surface area (Å²) in [7, 11) is 0. The van der Waals surface area contributed by atoms with Crippen LogP contribution in [0.5, 0.6) is 0 Å². The van der Waals surface area contributed by atoms with Gasteiger partial charge in [-0.2, -0.15) is 0 Å². The van der Waals surface area contributed by atoms with E-state index in [2.05, 4.69) is 5.32 Å². The minimum absolute atomic E-state index is 0.00772. The maximum absolute atomic E-state index is 14.2. The van der Waals surface area contributed by atoms with Gasteiger partial charge < -0.3 is 20.2 Å². The summed E-state index contributed by atoms with van der Waals surface area (Å²) in [4.78, 5) is 12.4. The lowest BCUT2D eigenvalue weighted by atomic mass is 9.62. The third kappa shape index (κ3) is 8.55. The van der Waals surface area contributed by atoms with Crippen molar-refractivity contribution in [3.8, 4) is 11.1 Å². The molecule has 0 saturated carbocycles. The average Bonchev–Trinajstić information content (AvgIpc) is 2.75. The Hall–Kier alpha value is -1.93. The van der Waals surface area contributed by atoms with Gasteiger partial charge in [-0.15, -0.1) is 0 Å². The van der Waals surface area contributed by atoms with Crippen molar-refractivity contribution in [3.63, 3.8) is 0 Å². The van der Waals surface area contributed by atoms with Crippen LogP contribution in [0.1, 0.15) is 18.9 Å². The Balaban J connectivity index is 2.14. The van der Waals surface area contributed by atoms with E-state index in [1.165, 1.54) is 12.1 Å². The molecule has 0 unspecified atom stereocenters. The third-order valence-corrected chi connectivity index (χ3v) is 5.54. The van der Waals surface area contributed by atoms with Crippen molar-refractivity contribution in [1.29, 1.82) is 0 Å². The highest BCUT2D eigenvalue weighted by Crippen LogP contribution is 2.28. The third-order valence-electron chi connectivity index (χ3n) is 5.31. The maximum Gasteiger partial charge on any atom is 0.310 e. The van der Waals surface area contributed by atoms with Crippen LogP contribution < -0.4 is 5.32 Å². The lowest BCUT2D eigenvalue weighted by Crippen LogP contribution is -2.34. The molecule has 8 heteroatoms. The fraction of sp³-hybridized carbons (Fsp3) is 0.458. The van der Waals surface area contributed by atoms with Gasteiger partial charge in [0.25, 0.3) is 6.92 Å². The molecule has 0 radical (unpaired) electrons. The maximum atomic E-state index is 14.2. The number of aliphatic hydroxyl groups is 1. The number of aliphatic hydroxyl groups excluding tert-OH is 1. The van der Waals surface area contributed by atoms with Crippen molar-refractivity contribution in [1.82, 2.24) is 5.32 Å². The van der Waals surface area contributed by atoms with Crippen LogP contribution in [0.4, 0.5) is 4.39 Å². The highest BCUT2D eigenvalue weighted by molar-refractivity contribution is 6.48. The predicted molar refractivity (Wildman–Crippen MR) is 127 cm³/mol. The summed E-state index contributed by atoms with van der Waals surface area (Å²) in [6.07, 6.45) is 1.76. The first kappa shape index (κ1) is 26.3. The van der Waals surface area contributed by atoms with Crippen molar-refractivity contribution in [2.45, 2.75) is 32.9 Å². The lowest BCUT2D eigenvalue weighted by molar-refractivity contribution is -0.148. The Labute approximate surface area is 195 Å². The summed E-state index contributed by atoms with van der Waals surface area (Å²) in [5, 5.41) is 22.6. The molecule has 0 spiro atoms. The predicted octanol–water partition coefficient (Wildman–Crippen LogP) is 4.07. The van der Waals surface area contributed by atoms with E-state index < -0.39 is 6.92 Å². The molecule has 2 atom stereocenters. The molecule has 0 aromatic heterocycles. The molecule has 2 aromatic carbocycles. The molecule has 2 aromatic rings. The normalized spacial score (nSPS) is 12.9.